The molecule has 1 fully saturated rings. The molecule has 1 aromatic carbocycles. The number of hydrogen-bond acceptors (Lipinski definition) is 3. The van der Waals surface area contributed by atoms with E-state index in [-0.39, 0.29) is 10.5 Å². The van der Waals surface area contributed by atoms with Crippen LogP contribution in [0.3, 0.4) is 0 Å². The largest absolute Gasteiger partial charge is 0.381 e. The summed E-state index contributed by atoms with van der Waals surface area (Å²) in [5.41, 5.74) is 0. The fourth-order valence-corrected chi connectivity index (χ4v) is 3.69. The van der Waals surface area contributed by atoms with Gasteiger partial charge in [0.1, 0.15) is 16.5 Å². The first-order valence-corrected chi connectivity index (χ1v) is 7.92. The van der Waals surface area contributed by atoms with Crippen LogP contribution in [-0.2, 0) is 14.8 Å². The molecule has 0 saturated carbocycles. The fourth-order valence-electron chi connectivity index (χ4n) is 1.81. The standard InChI is InChI=1S/C11H12BrF2NO3S/c12-8-5-11(10(14)6-9(8)13)19(16,17)15-7-1-3-18-4-2-7/h5-7,15H,1-4H2. The van der Waals surface area contributed by atoms with Crippen LogP contribution in [0.4, 0.5) is 8.78 Å². The highest BCUT2D eigenvalue weighted by Crippen LogP contribution is 2.24. The van der Waals surface area contributed by atoms with Gasteiger partial charge >= 0.3 is 0 Å². The van der Waals surface area contributed by atoms with Crippen molar-refractivity contribution in [1.29, 1.82) is 0 Å². The lowest BCUT2D eigenvalue weighted by Gasteiger charge is -2.23. The van der Waals surface area contributed by atoms with Crippen molar-refractivity contribution in [1.82, 2.24) is 4.72 Å². The maximum Gasteiger partial charge on any atom is 0.243 e. The number of rotatable bonds is 3. The Labute approximate surface area is 118 Å². The molecule has 1 N–H and O–H groups in total. The van der Waals surface area contributed by atoms with Crippen LogP contribution < -0.4 is 4.72 Å². The summed E-state index contributed by atoms with van der Waals surface area (Å²) in [7, 11) is -4.01. The minimum Gasteiger partial charge on any atom is -0.381 e. The third kappa shape index (κ3) is 3.50. The third-order valence-corrected chi connectivity index (χ3v) is 4.95. The summed E-state index contributed by atoms with van der Waals surface area (Å²) in [5.74, 6) is -1.96. The van der Waals surface area contributed by atoms with Gasteiger partial charge in [-0.25, -0.2) is 21.9 Å². The van der Waals surface area contributed by atoms with Crippen molar-refractivity contribution in [3.63, 3.8) is 0 Å². The molecule has 2 rings (SSSR count). The van der Waals surface area contributed by atoms with Gasteiger partial charge < -0.3 is 4.74 Å². The molecule has 0 radical (unpaired) electrons. The summed E-state index contributed by atoms with van der Waals surface area (Å²) in [5, 5.41) is 0. The van der Waals surface area contributed by atoms with Gasteiger partial charge in [-0.05, 0) is 34.8 Å². The van der Waals surface area contributed by atoms with Crippen LogP contribution in [0.5, 0.6) is 0 Å². The summed E-state index contributed by atoms with van der Waals surface area (Å²) in [6.45, 7) is 0.922. The van der Waals surface area contributed by atoms with Gasteiger partial charge in [0.05, 0.1) is 4.47 Å². The number of benzene rings is 1. The van der Waals surface area contributed by atoms with Crippen molar-refractivity contribution in [3.8, 4) is 0 Å². The smallest absolute Gasteiger partial charge is 0.243 e. The number of ether oxygens (including phenoxy) is 1. The van der Waals surface area contributed by atoms with Crippen molar-refractivity contribution in [3.05, 3.63) is 28.2 Å². The molecule has 0 aliphatic carbocycles. The van der Waals surface area contributed by atoms with E-state index in [4.69, 9.17) is 4.74 Å². The van der Waals surface area contributed by atoms with E-state index >= 15 is 0 Å². The Hall–Kier alpha value is -0.570. The Morgan fingerprint density at radius 2 is 1.84 bits per heavy atom. The number of nitrogens with one attached hydrogen (secondary N) is 1. The Morgan fingerprint density at radius 1 is 1.21 bits per heavy atom. The van der Waals surface area contributed by atoms with Gasteiger partial charge in [0.15, 0.2) is 0 Å². The van der Waals surface area contributed by atoms with Crippen molar-refractivity contribution in [2.24, 2.45) is 0 Å². The zero-order valence-electron chi connectivity index (χ0n) is 9.83. The SMILES string of the molecule is O=S(=O)(NC1CCOCC1)c1cc(Br)c(F)cc1F. The van der Waals surface area contributed by atoms with Crippen LogP contribution in [0.25, 0.3) is 0 Å². The summed E-state index contributed by atoms with van der Waals surface area (Å²) >= 11 is 2.84. The van der Waals surface area contributed by atoms with Gasteiger partial charge in [-0.3, -0.25) is 0 Å². The molecule has 106 valence electrons. The minimum absolute atomic E-state index is 0.0961. The van der Waals surface area contributed by atoms with E-state index in [1.165, 1.54) is 0 Å². The molecule has 0 spiro atoms. The molecule has 1 aliphatic rings. The number of sulfonamides is 1. The van der Waals surface area contributed by atoms with E-state index in [1.54, 1.807) is 0 Å². The lowest BCUT2D eigenvalue weighted by Crippen LogP contribution is -2.39. The van der Waals surface area contributed by atoms with E-state index < -0.39 is 26.6 Å². The highest BCUT2D eigenvalue weighted by Gasteiger charge is 2.25. The van der Waals surface area contributed by atoms with Crippen molar-refractivity contribution in [2.45, 2.75) is 23.8 Å². The van der Waals surface area contributed by atoms with Gasteiger partial charge in [-0.15, -0.1) is 0 Å². The highest BCUT2D eigenvalue weighted by atomic mass is 79.9. The Balaban J connectivity index is 2.26. The van der Waals surface area contributed by atoms with Crippen molar-refractivity contribution in [2.75, 3.05) is 13.2 Å². The Morgan fingerprint density at radius 3 is 2.47 bits per heavy atom. The van der Waals surface area contributed by atoms with E-state index in [9.17, 15) is 17.2 Å². The van der Waals surface area contributed by atoms with Crippen LogP contribution in [0, 0.1) is 11.6 Å². The van der Waals surface area contributed by atoms with Crippen molar-refractivity contribution < 1.29 is 21.9 Å². The van der Waals surface area contributed by atoms with E-state index in [0.29, 0.717) is 32.1 Å². The lowest BCUT2D eigenvalue weighted by atomic mass is 10.1. The molecular formula is C11H12BrF2NO3S. The van der Waals surface area contributed by atoms with Gasteiger partial charge in [0, 0.05) is 25.3 Å². The van der Waals surface area contributed by atoms with Gasteiger partial charge in [0.2, 0.25) is 10.0 Å². The lowest BCUT2D eigenvalue weighted by molar-refractivity contribution is 0.0832. The maximum absolute atomic E-state index is 13.6. The molecule has 1 aliphatic heterocycles. The average Bonchev–Trinajstić information content (AvgIpc) is 2.34. The summed E-state index contributed by atoms with van der Waals surface area (Å²) in [6, 6.07) is 1.18. The Bertz CT molecular complexity index is 574. The average molecular weight is 356 g/mol. The van der Waals surface area contributed by atoms with Gasteiger partial charge in [-0.2, -0.15) is 0 Å². The minimum atomic E-state index is -4.01. The van der Waals surface area contributed by atoms with Gasteiger partial charge in [-0.1, -0.05) is 0 Å². The third-order valence-electron chi connectivity index (χ3n) is 2.81. The molecular weight excluding hydrogens is 344 g/mol. The molecule has 0 amide bonds. The summed E-state index contributed by atoms with van der Waals surface area (Å²) in [4.78, 5) is -0.563. The molecule has 0 unspecified atom stereocenters. The quantitative estimate of drug-likeness (QED) is 0.845. The van der Waals surface area contributed by atoms with Crippen molar-refractivity contribution >= 4 is 26.0 Å². The molecule has 19 heavy (non-hydrogen) atoms. The Kier molecular flexibility index (Phi) is 4.54. The molecule has 0 aromatic heterocycles. The van der Waals surface area contributed by atoms with E-state index in [2.05, 4.69) is 20.7 Å². The van der Waals surface area contributed by atoms with Crippen LogP contribution in [0.2, 0.25) is 0 Å². The topological polar surface area (TPSA) is 55.4 Å². The second-order valence-electron chi connectivity index (χ2n) is 4.20. The number of halogens is 3. The molecule has 4 nitrogen and oxygen atoms in total. The van der Waals surface area contributed by atoms with Crippen LogP contribution in [0.1, 0.15) is 12.8 Å². The molecule has 1 heterocycles. The second-order valence-corrected chi connectivity index (χ2v) is 6.74. The van der Waals surface area contributed by atoms with Crippen LogP contribution >= 0.6 is 15.9 Å². The predicted octanol–water partition coefficient (Wildman–Crippen LogP) is 2.18. The summed E-state index contributed by atoms with van der Waals surface area (Å²) in [6.07, 6.45) is 1.06. The summed E-state index contributed by atoms with van der Waals surface area (Å²) < 4.78 is 58.2. The maximum atomic E-state index is 13.6. The first kappa shape index (κ1) is 14.8. The van der Waals surface area contributed by atoms with Crippen LogP contribution in [0.15, 0.2) is 21.5 Å². The first-order chi connectivity index (χ1) is 8.90. The predicted molar refractivity (Wildman–Crippen MR) is 68.2 cm³/mol. The van der Waals surface area contributed by atoms with E-state index in [1.807, 2.05) is 0 Å². The second kappa shape index (κ2) is 5.82. The zero-order valence-corrected chi connectivity index (χ0v) is 12.2. The fraction of sp³-hybridized carbons (Fsp3) is 0.455. The number of hydrogen-bond donors (Lipinski definition) is 1. The van der Waals surface area contributed by atoms with Gasteiger partial charge in [0.25, 0.3) is 0 Å². The molecule has 8 heteroatoms. The highest BCUT2D eigenvalue weighted by molar-refractivity contribution is 9.10. The monoisotopic (exact) mass is 355 g/mol. The molecule has 1 aromatic rings. The molecule has 0 atom stereocenters. The van der Waals surface area contributed by atoms with E-state index in [0.717, 1.165) is 6.07 Å². The first-order valence-electron chi connectivity index (χ1n) is 5.65. The zero-order chi connectivity index (χ0) is 14.0. The molecule has 0 bridgehead atoms. The molecule has 1 saturated heterocycles. The van der Waals surface area contributed by atoms with Crippen LogP contribution in [-0.4, -0.2) is 27.7 Å². The normalized spacial score (nSPS) is 17.6.